The van der Waals surface area contributed by atoms with Gasteiger partial charge in [0.25, 0.3) is 6.71 Å². The summed E-state index contributed by atoms with van der Waals surface area (Å²) in [7, 11) is -2.80. The number of hydrogen-bond acceptors (Lipinski definition) is 2. The minimum atomic E-state index is -2.80. The Morgan fingerprint density at radius 2 is 1.04 bits per heavy atom. The summed E-state index contributed by atoms with van der Waals surface area (Å²) in [5.74, 6) is 0. The lowest BCUT2D eigenvalue weighted by molar-refractivity contribution is 0.660. The van der Waals surface area contributed by atoms with Gasteiger partial charge in [0.15, 0.2) is 8.07 Å². The van der Waals surface area contributed by atoms with Crippen molar-refractivity contribution in [1.82, 2.24) is 0 Å². The molecule has 4 heteroatoms. The van der Waals surface area contributed by atoms with Crippen LogP contribution in [0.15, 0.2) is 188 Å². The SMILES string of the molecule is CC1(C)c2ccccc2-c2c1cc1c3c2N(c2ccccc2)c2ccccc2B3c2cccc3c2N1c1ccccc1[Si]3(c1ccccc1)c1ccccc1. The van der Waals surface area contributed by atoms with Gasteiger partial charge in [-0.2, -0.15) is 0 Å². The van der Waals surface area contributed by atoms with Crippen molar-refractivity contribution in [2.75, 3.05) is 9.80 Å². The molecule has 55 heavy (non-hydrogen) atoms. The van der Waals surface area contributed by atoms with Gasteiger partial charge >= 0.3 is 0 Å². The number of hydrogen-bond donors (Lipinski definition) is 0. The summed E-state index contributed by atoms with van der Waals surface area (Å²) in [6, 6.07) is 71.4. The van der Waals surface area contributed by atoms with Gasteiger partial charge in [0.1, 0.15) is 0 Å². The van der Waals surface area contributed by atoms with E-state index in [0.717, 1.165) is 0 Å². The highest BCUT2D eigenvalue weighted by Gasteiger charge is 2.54. The van der Waals surface area contributed by atoms with Crippen molar-refractivity contribution in [3.05, 3.63) is 199 Å². The fraction of sp³-hybridized carbons (Fsp3) is 0.0588. The summed E-state index contributed by atoms with van der Waals surface area (Å²) in [6.45, 7) is 4.90. The van der Waals surface area contributed by atoms with Crippen LogP contribution in [-0.4, -0.2) is 14.8 Å². The molecule has 258 valence electrons. The molecule has 3 aliphatic heterocycles. The zero-order valence-electron chi connectivity index (χ0n) is 30.9. The molecule has 0 aromatic heterocycles. The second-order valence-electron chi connectivity index (χ2n) is 16.0. The van der Waals surface area contributed by atoms with Crippen LogP contribution in [0.4, 0.5) is 34.1 Å². The van der Waals surface area contributed by atoms with Crippen molar-refractivity contribution >= 4 is 86.0 Å². The molecule has 8 aromatic rings. The molecule has 0 saturated heterocycles. The molecule has 0 unspecified atom stereocenters. The van der Waals surface area contributed by atoms with Crippen LogP contribution in [0.1, 0.15) is 25.0 Å². The second-order valence-corrected chi connectivity index (χ2v) is 19.7. The maximum Gasteiger partial charge on any atom is 0.252 e. The van der Waals surface area contributed by atoms with Crippen molar-refractivity contribution in [3.8, 4) is 11.1 Å². The van der Waals surface area contributed by atoms with Crippen LogP contribution in [0, 0.1) is 0 Å². The first-order chi connectivity index (χ1) is 27.1. The van der Waals surface area contributed by atoms with E-state index in [1.807, 2.05) is 0 Å². The molecule has 8 aromatic carbocycles. The minimum absolute atomic E-state index is 0.0528. The predicted octanol–water partition coefficient (Wildman–Crippen LogP) is 7.77. The highest BCUT2D eigenvalue weighted by Crippen LogP contribution is 2.57. The zero-order chi connectivity index (χ0) is 36.5. The third-order valence-electron chi connectivity index (χ3n) is 13.1. The number of benzene rings is 8. The molecule has 0 spiro atoms. The average Bonchev–Trinajstić information content (AvgIpc) is 3.48. The molecular formula is C51H37BN2Si. The van der Waals surface area contributed by atoms with E-state index in [-0.39, 0.29) is 12.1 Å². The lowest BCUT2D eigenvalue weighted by Gasteiger charge is -2.51. The van der Waals surface area contributed by atoms with E-state index in [0.29, 0.717) is 0 Å². The van der Waals surface area contributed by atoms with Gasteiger partial charge in [0, 0.05) is 39.4 Å². The molecule has 0 N–H and O–H groups in total. The van der Waals surface area contributed by atoms with Crippen molar-refractivity contribution < 1.29 is 0 Å². The monoisotopic (exact) mass is 716 g/mol. The lowest BCUT2D eigenvalue weighted by atomic mass is 9.33. The number of anilines is 6. The fourth-order valence-electron chi connectivity index (χ4n) is 10.9. The molecule has 0 bridgehead atoms. The maximum absolute atomic E-state index is 2.80. The molecule has 2 nitrogen and oxygen atoms in total. The van der Waals surface area contributed by atoms with Crippen LogP contribution in [0.2, 0.25) is 0 Å². The predicted molar refractivity (Wildman–Crippen MR) is 235 cm³/mol. The number of rotatable bonds is 3. The van der Waals surface area contributed by atoms with Crippen LogP contribution < -0.4 is 46.9 Å². The first-order valence-corrected chi connectivity index (χ1v) is 21.5. The van der Waals surface area contributed by atoms with Gasteiger partial charge in [-0.1, -0.05) is 172 Å². The van der Waals surface area contributed by atoms with E-state index >= 15 is 0 Å². The summed E-state index contributed by atoms with van der Waals surface area (Å²) < 4.78 is 0. The Labute approximate surface area is 324 Å². The summed E-state index contributed by atoms with van der Waals surface area (Å²) in [4.78, 5) is 5.27. The Morgan fingerprint density at radius 3 is 1.78 bits per heavy atom. The van der Waals surface area contributed by atoms with Gasteiger partial charge in [-0.15, -0.1) is 0 Å². The van der Waals surface area contributed by atoms with E-state index in [9.17, 15) is 0 Å². The smallest absolute Gasteiger partial charge is 0.252 e. The van der Waals surface area contributed by atoms with Gasteiger partial charge in [-0.3, -0.25) is 0 Å². The van der Waals surface area contributed by atoms with Gasteiger partial charge < -0.3 is 9.80 Å². The second kappa shape index (κ2) is 11.1. The van der Waals surface area contributed by atoms with Gasteiger partial charge in [-0.05, 0) is 84.2 Å². The topological polar surface area (TPSA) is 6.48 Å². The quantitative estimate of drug-likeness (QED) is 0.173. The van der Waals surface area contributed by atoms with Crippen LogP contribution in [0.3, 0.4) is 0 Å². The van der Waals surface area contributed by atoms with E-state index in [2.05, 4.69) is 212 Å². The Balaban J connectivity index is 1.28. The number of para-hydroxylation sites is 4. The Morgan fingerprint density at radius 1 is 0.455 bits per heavy atom. The van der Waals surface area contributed by atoms with E-state index in [4.69, 9.17) is 0 Å². The summed E-state index contributed by atoms with van der Waals surface area (Å²) in [6.07, 6.45) is 0. The molecule has 0 atom stereocenters. The fourth-order valence-corrected chi connectivity index (χ4v) is 16.1. The maximum atomic E-state index is 2.68. The van der Waals surface area contributed by atoms with Crippen LogP contribution in [0.25, 0.3) is 11.1 Å². The van der Waals surface area contributed by atoms with E-state index in [1.54, 1.807) is 0 Å². The standard InChI is InChI=1S/C51H37BN2Si/c1-51(2)38-26-13-12-25-37(38)47-39(51)33-44-48-50(47)53(34-19-6-3-7-20-34)42-29-15-14-27-40(42)52(48)41-28-18-32-46-49(41)54(44)43-30-16-17-31-45(43)55(46,35-21-8-4-9-22-35)36-23-10-5-11-24-36/h3-33H,1-2H3. The normalized spacial score (nSPS) is 15.6. The molecule has 4 aliphatic rings. The van der Waals surface area contributed by atoms with Crippen molar-refractivity contribution in [2.45, 2.75) is 19.3 Å². The average molecular weight is 717 g/mol. The van der Waals surface area contributed by atoms with Crippen molar-refractivity contribution in [1.29, 1.82) is 0 Å². The van der Waals surface area contributed by atoms with Gasteiger partial charge in [0.05, 0.1) is 5.69 Å². The van der Waals surface area contributed by atoms with Crippen molar-refractivity contribution in [2.24, 2.45) is 0 Å². The molecule has 12 rings (SSSR count). The largest absolute Gasteiger partial charge is 0.312 e. The highest BCUT2D eigenvalue weighted by atomic mass is 28.3. The molecule has 0 saturated carbocycles. The highest BCUT2D eigenvalue weighted by molar-refractivity contribution is 7.22. The molecule has 0 radical (unpaired) electrons. The molecular weight excluding hydrogens is 679 g/mol. The molecule has 1 aliphatic carbocycles. The number of nitrogens with zero attached hydrogens (tertiary/aromatic N) is 2. The summed E-state index contributed by atoms with van der Waals surface area (Å²) in [5, 5.41) is 5.72. The zero-order valence-corrected chi connectivity index (χ0v) is 31.9. The Bertz CT molecular complexity index is 2830. The van der Waals surface area contributed by atoms with Crippen LogP contribution >= 0.6 is 0 Å². The Hall–Kier alpha value is -6.36. The van der Waals surface area contributed by atoms with Gasteiger partial charge in [-0.25, -0.2) is 0 Å². The third-order valence-corrected chi connectivity index (χ3v) is 17.9. The van der Waals surface area contributed by atoms with Crippen LogP contribution in [0.5, 0.6) is 0 Å². The first-order valence-electron chi connectivity index (χ1n) is 19.5. The van der Waals surface area contributed by atoms with Crippen molar-refractivity contribution in [3.63, 3.8) is 0 Å². The molecule has 0 fully saturated rings. The molecule has 3 heterocycles. The third kappa shape index (κ3) is 3.85. The minimum Gasteiger partial charge on any atom is -0.312 e. The Kier molecular flexibility index (Phi) is 6.26. The lowest BCUT2D eigenvalue weighted by Crippen LogP contribution is -2.79. The van der Waals surface area contributed by atoms with E-state index in [1.165, 1.54) is 93.5 Å². The summed E-state index contributed by atoms with van der Waals surface area (Å²) >= 11 is 0. The molecule has 0 amide bonds. The van der Waals surface area contributed by atoms with Crippen LogP contribution in [-0.2, 0) is 5.41 Å². The van der Waals surface area contributed by atoms with E-state index < -0.39 is 8.07 Å². The number of fused-ring (bicyclic) bond motifs is 10. The van der Waals surface area contributed by atoms with Gasteiger partial charge in [0.2, 0.25) is 0 Å². The summed E-state index contributed by atoms with van der Waals surface area (Å²) in [5.41, 5.74) is 17.1. The first kappa shape index (κ1) is 31.0.